The Bertz CT molecular complexity index is 641. The van der Waals surface area contributed by atoms with Gasteiger partial charge in [0, 0.05) is 0 Å². The summed E-state index contributed by atoms with van der Waals surface area (Å²) in [5.74, 6) is -0.568. The third-order valence-corrected chi connectivity index (χ3v) is 3.23. The molecule has 1 aromatic carbocycles. The molecule has 1 heterocycles. The SMILES string of the molecule is CS(=O)(=O)NC(=O)CN1C(=O)CCOc2ccccc21. The molecule has 0 bridgehead atoms. The molecule has 8 heteroatoms. The average molecular weight is 298 g/mol. The lowest BCUT2D eigenvalue weighted by Crippen LogP contribution is -2.42. The number of hydrogen-bond acceptors (Lipinski definition) is 5. The summed E-state index contributed by atoms with van der Waals surface area (Å²) in [6.07, 6.45) is 1.01. The van der Waals surface area contributed by atoms with Crippen molar-refractivity contribution in [3.8, 4) is 5.75 Å². The largest absolute Gasteiger partial charge is 0.491 e. The molecule has 0 fully saturated rings. The number of carbonyl (C=O) groups excluding carboxylic acids is 2. The first-order valence-electron chi connectivity index (χ1n) is 5.89. The van der Waals surface area contributed by atoms with Crippen LogP contribution in [0.3, 0.4) is 0 Å². The zero-order valence-electron chi connectivity index (χ0n) is 10.8. The van der Waals surface area contributed by atoms with Gasteiger partial charge in [0.15, 0.2) is 0 Å². The van der Waals surface area contributed by atoms with Crippen LogP contribution in [-0.4, -0.2) is 39.6 Å². The number of carbonyl (C=O) groups is 2. The Morgan fingerprint density at radius 3 is 2.80 bits per heavy atom. The number of hydrogen-bond donors (Lipinski definition) is 1. The van der Waals surface area contributed by atoms with Crippen molar-refractivity contribution in [2.24, 2.45) is 0 Å². The highest BCUT2D eigenvalue weighted by Gasteiger charge is 2.25. The van der Waals surface area contributed by atoms with Crippen LogP contribution < -0.4 is 14.4 Å². The predicted molar refractivity (Wildman–Crippen MR) is 71.9 cm³/mol. The van der Waals surface area contributed by atoms with Gasteiger partial charge >= 0.3 is 0 Å². The van der Waals surface area contributed by atoms with Crippen LogP contribution in [0.25, 0.3) is 0 Å². The van der Waals surface area contributed by atoms with E-state index in [0.29, 0.717) is 11.4 Å². The van der Waals surface area contributed by atoms with E-state index in [1.807, 2.05) is 4.72 Å². The molecule has 2 rings (SSSR count). The third kappa shape index (κ3) is 3.47. The van der Waals surface area contributed by atoms with Crippen molar-refractivity contribution >= 4 is 27.5 Å². The Morgan fingerprint density at radius 1 is 1.40 bits per heavy atom. The molecule has 108 valence electrons. The fraction of sp³-hybridized carbons (Fsp3) is 0.333. The number of amides is 2. The fourth-order valence-corrected chi connectivity index (χ4v) is 2.35. The van der Waals surface area contributed by atoms with Crippen LogP contribution in [0.4, 0.5) is 5.69 Å². The molecule has 1 N–H and O–H groups in total. The molecular weight excluding hydrogens is 284 g/mol. The highest BCUT2D eigenvalue weighted by atomic mass is 32.2. The highest BCUT2D eigenvalue weighted by molar-refractivity contribution is 7.89. The van der Waals surface area contributed by atoms with Gasteiger partial charge in [-0.1, -0.05) is 12.1 Å². The Labute approximate surface area is 116 Å². The Balaban J connectivity index is 2.25. The molecule has 2 amide bonds. The minimum Gasteiger partial charge on any atom is -0.491 e. The molecule has 1 aromatic rings. The number of nitrogens with zero attached hydrogens (tertiary/aromatic N) is 1. The lowest BCUT2D eigenvalue weighted by molar-refractivity contribution is -0.123. The van der Waals surface area contributed by atoms with E-state index >= 15 is 0 Å². The van der Waals surface area contributed by atoms with E-state index in [9.17, 15) is 18.0 Å². The topological polar surface area (TPSA) is 92.8 Å². The van der Waals surface area contributed by atoms with Crippen molar-refractivity contribution in [1.82, 2.24) is 4.72 Å². The monoisotopic (exact) mass is 298 g/mol. The first-order valence-corrected chi connectivity index (χ1v) is 7.79. The quantitative estimate of drug-likeness (QED) is 0.839. The molecule has 0 aromatic heterocycles. The number of anilines is 1. The van der Waals surface area contributed by atoms with E-state index in [4.69, 9.17) is 4.74 Å². The van der Waals surface area contributed by atoms with E-state index < -0.39 is 15.9 Å². The number of ether oxygens (including phenoxy) is 1. The van der Waals surface area contributed by atoms with Gasteiger partial charge in [-0.15, -0.1) is 0 Å². The number of sulfonamides is 1. The first-order chi connectivity index (χ1) is 9.37. The molecule has 7 nitrogen and oxygen atoms in total. The minimum atomic E-state index is -3.65. The Hall–Kier alpha value is -2.09. The molecule has 0 aliphatic carbocycles. The van der Waals surface area contributed by atoms with Crippen molar-refractivity contribution in [3.05, 3.63) is 24.3 Å². The molecule has 0 atom stereocenters. The van der Waals surface area contributed by atoms with Gasteiger partial charge in [0.1, 0.15) is 12.3 Å². The van der Waals surface area contributed by atoms with Crippen molar-refractivity contribution in [1.29, 1.82) is 0 Å². The Morgan fingerprint density at radius 2 is 2.10 bits per heavy atom. The van der Waals surface area contributed by atoms with Gasteiger partial charge < -0.3 is 4.74 Å². The fourth-order valence-electron chi connectivity index (χ4n) is 1.88. The third-order valence-electron chi connectivity index (χ3n) is 2.63. The number of fused-ring (bicyclic) bond motifs is 1. The molecule has 20 heavy (non-hydrogen) atoms. The normalized spacial score (nSPS) is 15.1. The van der Waals surface area contributed by atoms with Gasteiger partial charge in [-0.05, 0) is 12.1 Å². The van der Waals surface area contributed by atoms with Crippen LogP contribution in [0.1, 0.15) is 6.42 Å². The van der Waals surface area contributed by atoms with Crippen molar-refractivity contribution in [3.63, 3.8) is 0 Å². The molecular formula is C12H14N2O5S. The van der Waals surface area contributed by atoms with Crippen molar-refractivity contribution in [2.45, 2.75) is 6.42 Å². The first kappa shape index (κ1) is 14.3. The summed E-state index contributed by atoms with van der Waals surface area (Å²) >= 11 is 0. The van der Waals surface area contributed by atoms with Crippen LogP contribution in [0, 0.1) is 0 Å². The molecule has 0 saturated heterocycles. The van der Waals surface area contributed by atoms with E-state index in [0.717, 1.165) is 6.26 Å². The second kappa shape index (κ2) is 5.49. The summed E-state index contributed by atoms with van der Waals surface area (Å²) in [6.45, 7) is -0.147. The van der Waals surface area contributed by atoms with E-state index in [2.05, 4.69) is 0 Å². The Kier molecular flexibility index (Phi) is 3.93. The zero-order chi connectivity index (χ0) is 14.8. The van der Waals surface area contributed by atoms with Gasteiger partial charge in [0.25, 0.3) is 5.91 Å². The second-order valence-electron chi connectivity index (χ2n) is 4.34. The second-order valence-corrected chi connectivity index (χ2v) is 6.09. The summed E-state index contributed by atoms with van der Waals surface area (Å²) in [5.41, 5.74) is 0.457. The van der Waals surface area contributed by atoms with Crippen molar-refractivity contribution in [2.75, 3.05) is 24.3 Å². The zero-order valence-corrected chi connectivity index (χ0v) is 11.6. The van der Waals surface area contributed by atoms with Gasteiger partial charge in [-0.3, -0.25) is 19.2 Å². The highest BCUT2D eigenvalue weighted by Crippen LogP contribution is 2.30. The smallest absolute Gasteiger partial charge is 0.253 e. The van der Waals surface area contributed by atoms with Crippen LogP contribution in [0.15, 0.2) is 24.3 Å². The summed E-state index contributed by atoms with van der Waals surface area (Å²) < 4.78 is 29.3. The summed E-state index contributed by atoms with van der Waals surface area (Å²) in [5, 5.41) is 0. The lowest BCUT2D eigenvalue weighted by atomic mass is 10.2. The number of nitrogens with one attached hydrogen (secondary N) is 1. The summed E-state index contributed by atoms with van der Waals surface area (Å²) in [6, 6.07) is 6.80. The lowest BCUT2D eigenvalue weighted by Gasteiger charge is -2.20. The maximum absolute atomic E-state index is 12.0. The maximum atomic E-state index is 12.0. The van der Waals surface area contributed by atoms with Crippen molar-refractivity contribution < 1.29 is 22.7 Å². The van der Waals surface area contributed by atoms with Crippen LogP contribution in [-0.2, 0) is 19.6 Å². The van der Waals surface area contributed by atoms with Crippen LogP contribution >= 0.6 is 0 Å². The molecule has 0 radical (unpaired) electrons. The van der Waals surface area contributed by atoms with Crippen LogP contribution in [0.2, 0.25) is 0 Å². The van der Waals surface area contributed by atoms with Gasteiger partial charge in [-0.25, -0.2) is 8.42 Å². The minimum absolute atomic E-state index is 0.126. The predicted octanol–water partition coefficient (Wildman–Crippen LogP) is -0.122. The molecule has 0 saturated carbocycles. The van der Waals surface area contributed by atoms with E-state index in [-0.39, 0.29) is 25.5 Å². The molecule has 0 spiro atoms. The standard InChI is InChI=1S/C12H14N2O5S/c1-20(17,18)13-11(15)8-14-9-4-2-3-5-10(9)19-7-6-12(14)16/h2-5H,6-8H2,1H3,(H,13,15). The number of rotatable bonds is 3. The van der Waals surface area contributed by atoms with Crippen LogP contribution in [0.5, 0.6) is 5.75 Å². The average Bonchev–Trinajstić information content (AvgIpc) is 2.48. The van der Waals surface area contributed by atoms with Gasteiger partial charge in [0.05, 0.1) is 25.0 Å². The molecule has 1 aliphatic rings. The van der Waals surface area contributed by atoms with Gasteiger partial charge in [-0.2, -0.15) is 0 Å². The van der Waals surface area contributed by atoms with Gasteiger partial charge in [0.2, 0.25) is 15.9 Å². The molecule has 0 unspecified atom stereocenters. The number of para-hydroxylation sites is 2. The van der Waals surface area contributed by atoms with E-state index in [1.165, 1.54) is 4.90 Å². The summed E-state index contributed by atoms with van der Waals surface area (Å²) in [7, 11) is -3.65. The number of benzene rings is 1. The molecule has 1 aliphatic heterocycles. The van der Waals surface area contributed by atoms with E-state index in [1.54, 1.807) is 24.3 Å². The summed E-state index contributed by atoms with van der Waals surface area (Å²) in [4.78, 5) is 24.9. The maximum Gasteiger partial charge on any atom is 0.253 e.